The van der Waals surface area contributed by atoms with Crippen LogP contribution in [0.25, 0.3) is 0 Å². The number of carbonyl (C=O) groups excluding carboxylic acids is 1. The standard InChI is InChI=1S/C21H29N5O/c1-3-18-19(4-2)25-26-21(24-18)22-14-15-9-8-12-17(13-15)23-20(27)16-10-6-5-7-11-16/h8-9,12-13,16H,3-7,10-11,14H2,1-2H3,(H,23,27)(H,22,24,26). The molecule has 2 N–H and O–H groups in total. The van der Waals surface area contributed by atoms with E-state index in [1.165, 1.54) is 6.42 Å². The first-order valence-electron chi connectivity index (χ1n) is 10.1. The molecule has 0 aliphatic heterocycles. The average molecular weight is 367 g/mol. The van der Waals surface area contributed by atoms with E-state index in [1.807, 2.05) is 24.3 Å². The number of aromatic nitrogens is 3. The zero-order valence-corrected chi connectivity index (χ0v) is 16.3. The molecule has 0 unspecified atom stereocenters. The maximum Gasteiger partial charge on any atom is 0.243 e. The smallest absolute Gasteiger partial charge is 0.243 e. The quantitative estimate of drug-likeness (QED) is 0.769. The lowest BCUT2D eigenvalue weighted by molar-refractivity contribution is -0.120. The molecular weight excluding hydrogens is 338 g/mol. The van der Waals surface area contributed by atoms with E-state index in [1.54, 1.807) is 0 Å². The summed E-state index contributed by atoms with van der Waals surface area (Å²) < 4.78 is 0. The summed E-state index contributed by atoms with van der Waals surface area (Å²) >= 11 is 0. The fraction of sp³-hybridized carbons (Fsp3) is 0.524. The van der Waals surface area contributed by atoms with Gasteiger partial charge in [0.1, 0.15) is 0 Å². The Hall–Kier alpha value is -2.50. The molecule has 3 rings (SSSR count). The highest BCUT2D eigenvalue weighted by Gasteiger charge is 2.21. The van der Waals surface area contributed by atoms with Gasteiger partial charge in [0.2, 0.25) is 11.9 Å². The lowest BCUT2D eigenvalue weighted by Crippen LogP contribution is -2.24. The summed E-state index contributed by atoms with van der Waals surface area (Å²) in [5.74, 6) is 0.848. The minimum absolute atomic E-state index is 0.148. The Morgan fingerprint density at radius 2 is 1.85 bits per heavy atom. The first kappa shape index (κ1) is 19.3. The molecule has 1 aromatic carbocycles. The molecule has 0 radical (unpaired) electrons. The van der Waals surface area contributed by atoms with Crippen LogP contribution < -0.4 is 10.6 Å². The molecule has 1 fully saturated rings. The normalized spacial score (nSPS) is 14.7. The number of amides is 1. The van der Waals surface area contributed by atoms with Gasteiger partial charge in [0.25, 0.3) is 0 Å². The number of anilines is 2. The van der Waals surface area contributed by atoms with E-state index in [9.17, 15) is 4.79 Å². The van der Waals surface area contributed by atoms with Crippen molar-refractivity contribution in [3.8, 4) is 0 Å². The van der Waals surface area contributed by atoms with Crippen LogP contribution in [0.4, 0.5) is 11.6 Å². The zero-order valence-electron chi connectivity index (χ0n) is 16.3. The van der Waals surface area contributed by atoms with Crippen molar-refractivity contribution in [1.29, 1.82) is 0 Å². The molecule has 144 valence electrons. The number of nitrogens with one attached hydrogen (secondary N) is 2. The molecule has 1 heterocycles. The van der Waals surface area contributed by atoms with Crippen LogP contribution in [0.1, 0.15) is 62.9 Å². The number of benzene rings is 1. The Balaban J connectivity index is 1.59. The van der Waals surface area contributed by atoms with E-state index in [-0.39, 0.29) is 11.8 Å². The lowest BCUT2D eigenvalue weighted by Gasteiger charge is -2.20. The van der Waals surface area contributed by atoms with E-state index in [4.69, 9.17) is 0 Å². The van der Waals surface area contributed by atoms with Crippen LogP contribution in [0.5, 0.6) is 0 Å². The van der Waals surface area contributed by atoms with Gasteiger partial charge >= 0.3 is 0 Å². The summed E-state index contributed by atoms with van der Waals surface area (Å²) in [6, 6.07) is 7.93. The van der Waals surface area contributed by atoms with Crippen molar-refractivity contribution in [2.45, 2.75) is 65.3 Å². The van der Waals surface area contributed by atoms with Crippen molar-refractivity contribution in [3.05, 3.63) is 41.2 Å². The Labute approximate surface area is 161 Å². The molecule has 0 bridgehead atoms. The third-order valence-corrected chi connectivity index (χ3v) is 5.13. The molecule has 0 saturated heterocycles. The Morgan fingerprint density at radius 1 is 1.07 bits per heavy atom. The fourth-order valence-electron chi connectivity index (χ4n) is 3.56. The van der Waals surface area contributed by atoms with E-state index in [0.29, 0.717) is 12.5 Å². The van der Waals surface area contributed by atoms with Crippen molar-refractivity contribution < 1.29 is 4.79 Å². The van der Waals surface area contributed by atoms with Gasteiger partial charge in [-0.2, -0.15) is 5.10 Å². The van der Waals surface area contributed by atoms with Crippen LogP contribution in [-0.4, -0.2) is 21.1 Å². The molecule has 1 aliphatic carbocycles. The van der Waals surface area contributed by atoms with Crippen LogP contribution in [0, 0.1) is 5.92 Å². The number of carbonyl (C=O) groups is 1. The first-order valence-corrected chi connectivity index (χ1v) is 10.1. The topological polar surface area (TPSA) is 79.8 Å². The third kappa shape index (κ3) is 5.25. The second-order valence-electron chi connectivity index (χ2n) is 7.11. The highest BCUT2D eigenvalue weighted by atomic mass is 16.1. The van der Waals surface area contributed by atoms with Crippen LogP contribution >= 0.6 is 0 Å². The van der Waals surface area contributed by atoms with Crippen LogP contribution in [0.3, 0.4) is 0 Å². The van der Waals surface area contributed by atoms with Gasteiger partial charge in [0, 0.05) is 18.2 Å². The summed E-state index contributed by atoms with van der Waals surface area (Å²) in [5, 5.41) is 14.7. The van der Waals surface area contributed by atoms with Crippen molar-refractivity contribution in [3.63, 3.8) is 0 Å². The van der Waals surface area contributed by atoms with Crippen molar-refractivity contribution >= 4 is 17.5 Å². The summed E-state index contributed by atoms with van der Waals surface area (Å²) in [5.41, 5.74) is 3.86. The number of rotatable bonds is 7. The SMILES string of the molecule is CCc1nnc(NCc2cccc(NC(=O)C3CCCCC3)c2)nc1CC. The van der Waals surface area contributed by atoms with Gasteiger partial charge in [0.15, 0.2) is 0 Å². The van der Waals surface area contributed by atoms with Crippen LogP contribution in [0.15, 0.2) is 24.3 Å². The van der Waals surface area contributed by atoms with E-state index in [2.05, 4.69) is 39.7 Å². The number of aryl methyl sites for hydroxylation is 2. The Morgan fingerprint density at radius 3 is 2.59 bits per heavy atom. The molecule has 0 atom stereocenters. The maximum atomic E-state index is 12.4. The summed E-state index contributed by atoms with van der Waals surface area (Å²) in [4.78, 5) is 17.0. The highest BCUT2D eigenvalue weighted by molar-refractivity contribution is 5.92. The maximum absolute atomic E-state index is 12.4. The first-order chi connectivity index (χ1) is 13.2. The molecule has 27 heavy (non-hydrogen) atoms. The largest absolute Gasteiger partial charge is 0.349 e. The zero-order chi connectivity index (χ0) is 19.1. The Kier molecular flexibility index (Phi) is 6.74. The Bertz CT molecular complexity index is 771. The molecular formula is C21H29N5O. The molecule has 0 spiro atoms. The van der Waals surface area contributed by atoms with Crippen molar-refractivity contribution in [2.75, 3.05) is 10.6 Å². The van der Waals surface area contributed by atoms with Gasteiger partial charge in [0.05, 0.1) is 11.4 Å². The predicted octanol–water partition coefficient (Wildman–Crippen LogP) is 4.13. The van der Waals surface area contributed by atoms with Gasteiger partial charge in [-0.1, -0.05) is 45.2 Å². The second-order valence-corrected chi connectivity index (χ2v) is 7.11. The molecule has 1 amide bonds. The van der Waals surface area contributed by atoms with E-state index >= 15 is 0 Å². The number of hydrogen-bond acceptors (Lipinski definition) is 5. The van der Waals surface area contributed by atoms with Gasteiger partial charge in [-0.3, -0.25) is 4.79 Å². The van der Waals surface area contributed by atoms with Crippen molar-refractivity contribution in [1.82, 2.24) is 15.2 Å². The minimum Gasteiger partial charge on any atom is -0.349 e. The lowest BCUT2D eigenvalue weighted by atomic mass is 9.88. The molecule has 1 aromatic heterocycles. The molecule has 6 heteroatoms. The van der Waals surface area contributed by atoms with Crippen LogP contribution in [-0.2, 0) is 24.2 Å². The van der Waals surface area contributed by atoms with E-state index < -0.39 is 0 Å². The van der Waals surface area contributed by atoms with Gasteiger partial charge < -0.3 is 10.6 Å². The fourth-order valence-corrected chi connectivity index (χ4v) is 3.56. The molecule has 1 aliphatic rings. The predicted molar refractivity (Wildman–Crippen MR) is 108 cm³/mol. The van der Waals surface area contributed by atoms with Crippen molar-refractivity contribution in [2.24, 2.45) is 5.92 Å². The molecule has 1 saturated carbocycles. The monoisotopic (exact) mass is 367 g/mol. The summed E-state index contributed by atoms with van der Waals surface area (Å²) in [7, 11) is 0. The highest BCUT2D eigenvalue weighted by Crippen LogP contribution is 2.25. The molecule has 2 aromatic rings. The summed E-state index contributed by atoms with van der Waals surface area (Å²) in [6.45, 7) is 4.72. The number of hydrogen-bond donors (Lipinski definition) is 2. The third-order valence-electron chi connectivity index (χ3n) is 5.13. The minimum atomic E-state index is 0.148. The van der Waals surface area contributed by atoms with Gasteiger partial charge in [-0.25, -0.2) is 4.98 Å². The van der Waals surface area contributed by atoms with Gasteiger partial charge in [-0.05, 0) is 43.4 Å². The molecule has 6 nitrogen and oxygen atoms in total. The van der Waals surface area contributed by atoms with E-state index in [0.717, 1.165) is 61.2 Å². The van der Waals surface area contributed by atoms with Crippen LogP contribution in [0.2, 0.25) is 0 Å². The summed E-state index contributed by atoms with van der Waals surface area (Å²) in [6.07, 6.45) is 7.26. The number of nitrogens with zero attached hydrogens (tertiary/aromatic N) is 3. The average Bonchev–Trinajstić information content (AvgIpc) is 2.73. The van der Waals surface area contributed by atoms with Gasteiger partial charge in [-0.15, -0.1) is 5.10 Å². The second kappa shape index (κ2) is 9.44.